The Balaban J connectivity index is 1.13. The van der Waals surface area contributed by atoms with Crippen LogP contribution in [0.15, 0.2) is 54.6 Å². The number of methoxy groups -OCH3 is 2. The second-order valence-corrected chi connectivity index (χ2v) is 14.6. The molecule has 4 aromatic heterocycles. The van der Waals surface area contributed by atoms with Crippen LogP contribution in [0, 0.1) is 11.8 Å². The van der Waals surface area contributed by atoms with Crippen LogP contribution in [0.3, 0.4) is 0 Å². The molecular formula is C37H36N6O4S. The van der Waals surface area contributed by atoms with Gasteiger partial charge in [0.15, 0.2) is 5.82 Å². The summed E-state index contributed by atoms with van der Waals surface area (Å²) in [5.41, 5.74) is 12.3. The Kier molecular flexibility index (Phi) is 6.67. The van der Waals surface area contributed by atoms with E-state index in [0.717, 1.165) is 74.3 Å². The number of nitrogens with two attached hydrogens (primary N) is 1. The normalized spacial score (nSPS) is 20.4. The van der Waals surface area contributed by atoms with Gasteiger partial charge in [0.25, 0.3) is 5.91 Å². The van der Waals surface area contributed by atoms with Crippen LogP contribution in [-0.4, -0.2) is 68.7 Å². The Morgan fingerprint density at radius 2 is 1.83 bits per heavy atom. The Morgan fingerprint density at radius 1 is 0.979 bits per heavy atom. The number of thiophene rings is 1. The van der Waals surface area contributed by atoms with E-state index in [-0.39, 0.29) is 24.0 Å². The summed E-state index contributed by atoms with van der Waals surface area (Å²) in [5.74, 6) is 2.06. The van der Waals surface area contributed by atoms with Gasteiger partial charge in [0, 0.05) is 53.4 Å². The summed E-state index contributed by atoms with van der Waals surface area (Å²) in [5, 5.41) is 2.02. The van der Waals surface area contributed by atoms with Crippen LogP contribution in [0.5, 0.6) is 5.75 Å². The molecule has 2 bridgehead atoms. The highest BCUT2D eigenvalue weighted by atomic mass is 32.1. The SMILES string of the molecule is COC(=O)c1cc2cc(-c3ccc4cc(-c5nc6cc(C(=O)N7C[C@H]8CC[C@@H]7[C@@H]8N)cc(OC)c6n5C)n(CC5CC5)c4n3)ccc2s1. The molecule has 48 heavy (non-hydrogen) atoms. The molecule has 11 heteroatoms. The summed E-state index contributed by atoms with van der Waals surface area (Å²) in [6, 6.07) is 18.3. The van der Waals surface area contributed by atoms with E-state index in [1.54, 1.807) is 7.11 Å². The van der Waals surface area contributed by atoms with Gasteiger partial charge in [-0.25, -0.2) is 14.8 Å². The van der Waals surface area contributed by atoms with E-state index in [0.29, 0.717) is 34.6 Å². The maximum absolute atomic E-state index is 13.8. The second-order valence-electron chi connectivity index (χ2n) is 13.5. The van der Waals surface area contributed by atoms with Crippen LogP contribution in [0.25, 0.3) is 54.9 Å². The standard InChI is InChI=1S/C37H36N6O4S/c1-41-33-26(13-24(15-29(33)46-2)36(44)43-18-22-7-10-27(43)32(22)38)40-35(41)28-14-21-6-9-25(39-34(21)42(28)17-19-4-5-19)20-8-11-30-23(12-20)16-31(48-30)37(45)47-3/h6,8-9,11-16,19,22,27,32H,4-5,7,10,17-18,38H2,1-3H3/t22-,27-,32-/m1/s1. The second kappa shape index (κ2) is 10.9. The maximum atomic E-state index is 13.8. The van der Waals surface area contributed by atoms with E-state index in [4.69, 9.17) is 25.2 Å². The molecule has 9 rings (SSSR count). The zero-order chi connectivity index (χ0) is 32.8. The van der Waals surface area contributed by atoms with Crippen LogP contribution in [0.4, 0.5) is 0 Å². The molecule has 1 aliphatic heterocycles. The first-order valence-electron chi connectivity index (χ1n) is 16.5. The molecule has 10 nitrogen and oxygen atoms in total. The summed E-state index contributed by atoms with van der Waals surface area (Å²) >= 11 is 1.43. The number of esters is 1. The number of amides is 1. The van der Waals surface area contributed by atoms with E-state index < -0.39 is 0 Å². The Morgan fingerprint density at radius 3 is 2.56 bits per heavy atom. The number of nitrogens with zero attached hydrogens (tertiary/aromatic N) is 5. The number of carbonyl (C=O) groups is 2. The minimum atomic E-state index is -0.326. The van der Waals surface area contributed by atoms with Gasteiger partial charge in [0.1, 0.15) is 21.8 Å². The molecule has 3 atom stereocenters. The van der Waals surface area contributed by atoms with Crippen molar-refractivity contribution in [2.24, 2.45) is 24.6 Å². The van der Waals surface area contributed by atoms with Gasteiger partial charge in [0.05, 0.1) is 31.1 Å². The van der Waals surface area contributed by atoms with Crippen LogP contribution in [0.2, 0.25) is 0 Å². The highest BCUT2D eigenvalue weighted by Gasteiger charge is 2.47. The lowest BCUT2D eigenvalue weighted by molar-refractivity contribution is 0.0605. The van der Waals surface area contributed by atoms with Crippen molar-refractivity contribution in [3.05, 3.63) is 65.0 Å². The molecular weight excluding hydrogens is 625 g/mol. The summed E-state index contributed by atoms with van der Waals surface area (Å²) in [6.45, 7) is 1.56. The van der Waals surface area contributed by atoms with Crippen LogP contribution >= 0.6 is 11.3 Å². The van der Waals surface area contributed by atoms with Gasteiger partial charge in [-0.15, -0.1) is 11.3 Å². The summed E-state index contributed by atoms with van der Waals surface area (Å²) in [7, 11) is 5.05. The molecule has 5 heterocycles. The van der Waals surface area contributed by atoms with E-state index >= 15 is 0 Å². The molecule has 2 saturated carbocycles. The number of imidazole rings is 1. The zero-order valence-corrected chi connectivity index (χ0v) is 27.9. The van der Waals surface area contributed by atoms with Crippen molar-refractivity contribution in [3.63, 3.8) is 0 Å². The maximum Gasteiger partial charge on any atom is 0.348 e. The molecule has 3 fully saturated rings. The number of rotatable bonds is 7. The third-order valence-corrected chi connectivity index (χ3v) is 11.7. The summed E-state index contributed by atoms with van der Waals surface area (Å²) < 4.78 is 16.2. The third kappa shape index (κ3) is 4.55. The molecule has 3 aliphatic rings. The quantitative estimate of drug-likeness (QED) is 0.202. The van der Waals surface area contributed by atoms with Crippen molar-refractivity contribution < 1.29 is 19.1 Å². The number of carbonyl (C=O) groups excluding carboxylic acids is 2. The minimum absolute atomic E-state index is 0.00760. The fraction of sp³-hybridized carbons (Fsp3) is 0.351. The molecule has 2 aliphatic carbocycles. The predicted molar refractivity (Wildman–Crippen MR) is 186 cm³/mol. The van der Waals surface area contributed by atoms with E-state index in [1.165, 1.54) is 31.3 Å². The monoisotopic (exact) mass is 660 g/mol. The average Bonchev–Trinajstić information content (AvgIpc) is 3.36. The van der Waals surface area contributed by atoms with Crippen LogP contribution in [0.1, 0.15) is 45.7 Å². The van der Waals surface area contributed by atoms with Gasteiger partial charge in [-0.05, 0) is 91.4 Å². The molecule has 0 radical (unpaired) electrons. The molecule has 244 valence electrons. The lowest BCUT2D eigenvalue weighted by atomic mass is 10.1. The van der Waals surface area contributed by atoms with Gasteiger partial charge in [-0.2, -0.15) is 0 Å². The number of ether oxygens (including phenoxy) is 2. The fourth-order valence-electron chi connectivity index (χ4n) is 7.89. The van der Waals surface area contributed by atoms with Gasteiger partial charge in [0.2, 0.25) is 0 Å². The van der Waals surface area contributed by atoms with Gasteiger partial charge < -0.3 is 29.2 Å². The smallest absolute Gasteiger partial charge is 0.348 e. The third-order valence-electron chi connectivity index (χ3n) is 10.6. The zero-order valence-electron chi connectivity index (χ0n) is 27.1. The molecule has 1 amide bonds. The number of piperidine rings is 1. The highest BCUT2D eigenvalue weighted by Crippen LogP contribution is 2.40. The van der Waals surface area contributed by atoms with Crippen molar-refractivity contribution in [1.29, 1.82) is 0 Å². The molecule has 1 saturated heterocycles. The lowest BCUT2D eigenvalue weighted by Crippen LogP contribution is -2.41. The van der Waals surface area contributed by atoms with Gasteiger partial charge >= 0.3 is 5.97 Å². The van der Waals surface area contributed by atoms with E-state index in [2.05, 4.69) is 39.5 Å². The van der Waals surface area contributed by atoms with Crippen molar-refractivity contribution in [2.75, 3.05) is 20.8 Å². The minimum Gasteiger partial charge on any atom is -0.494 e. The number of hydrogen-bond donors (Lipinski definition) is 1. The first-order chi connectivity index (χ1) is 23.3. The predicted octanol–water partition coefficient (Wildman–Crippen LogP) is 6.24. The van der Waals surface area contributed by atoms with E-state index in [1.807, 2.05) is 36.2 Å². The van der Waals surface area contributed by atoms with Crippen LogP contribution < -0.4 is 10.5 Å². The van der Waals surface area contributed by atoms with Crippen molar-refractivity contribution in [1.82, 2.24) is 24.0 Å². The Bertz CT molecular complexity index is 2300. The molecule has 2 N–H and O–H groups in total. The molecule has 0 unspecified atom stereocenters. The summed E-state index contributed by atoms with van der Waals surface area (Å²) in [4.78, 5) is 38.8. The van der Waals surface area contributed by atoms with Gasteiger partial charge in [-0.1, -0.05) is 6.07 Å². The largest absolute Gasteiger partial charge is 0.494 e. The lowest BCUT2D eigenvalue weighted by Gasteiger charge is -2.27. The molecule has 6 aromatic rings. The fourth-order valence-corrected chi connectivity index (χ4v) is 8.85. The number of likely N-dealkylation sites (tertiary alicyclic amines) is 1. The molecule has 0 spiro atoms. The number of hydrogen-bond acceptors (Lipinski definition) is 8. The van der Waals surface area contributed by atoms with Crippen molar-refractivity contribution in [2.45, 2.75) is 44.3 Å². The number of pyridine rings is 1. The number of fused-ring (bicyclic) bond motifs is 5. The van der Waals surface area contributed by atoms with Gasteiger partial charge in [-0.3, -0.25) is 4.79 Å². The van der Waals surface area contributed by atoms with E-state index in [9.17, 15) is 9.59 Å². The molecule has 2 aromatic carbocycles. The number of aryl methyl sites for hydroxylation is 1. The first kappa shape index (κ1) is 29.4. The number of aromatic nitrogens is 4. The van der Waals surface area contributed by atoms with Crippen LogP contribution in [-0.2, 0) is 18.3 Å². The van der Waals surface area contributed by atoms with Crippen molar-refractivity contribution >= 4 is 55.4 Å². The Labute approximate surface area is 281 Å². The van der Waals surface area contributed by atoms with Crippen molar-refractivity contribution in [3.8, 4) is 28.5 Å². The Hall–Kier alpha value is -4.74. The highest BCUT2D eigenvalue weighted by molar-refractivity contribution is 7.20. The number of benzene rings is 2. The average molecular weight is 661 g/mol. The first-order valence-corrected chi connectivity index (χ1v) is 17.4. The summed E-state index contributed by atoms with van der Waals surface area (Å²) in [6.07, 6.45) is 4.44. The topological polar surface area (TPSA) is 118 Å².